The standard InChI is InChI=1S/C23H28N2O4S2/c1-8-12(3)25-20(26)18(31-23(25)28)11-17-10-13(4)24(15(17)6)21-19(22(27)29-9-2)14(5)16(7)30-21/h10-12H,8-9H2,1-7H3/b18-11+/t12-/m1/s1. The van der Waals surface area contributed by atoms with Gasteiger partial charge in [0.05, 0.1) is 17.1 Å². The molecule has 0 N–H and O–H groups in total. The summed E-state index contributed by atoms with van der Waals surface area (Å²) >= 11 is 2.53. The number of thiophene rings is 1. The molecular weight excluding hydrogens is 432 g/mol. The molecular formula is C23H28N2O4S2. The van der Waals surface area contributed by atoms with Crippen LogP contribution in [-0.2, 0) is 9.53 Å². The lowest BCUT2D eigenvalue weighted by Gasteiger charge is -2.19. The van der Waals surface area contributed by atoms with E-state index in [1.165, 1.54) is 4.90 Å². The molecule has 0 aliphatic carbocycles. The van der Waals surface area contributed by atoms with Gasteiger partial charge in [-0.15, -0.1) is 11.3 Å². The Bertz CT molecular complexity index is 1090. The summed E-state index contributed by atoms with van der Waals surface area (Å²) in [4.78, 5) is 40.6. The van der Waals surface area contributed by atoms with E-state index in [4.69, 9.17) is 4.74 Å². The minimum absolute atomic E-state index is 0.130. The molecule has 3 heterocycles. The van der Waals surface area contributed by atoms with E-state index in [0.29, 0.717) is 23.5 Å². The van der Waals surface area contributed by atoms with E-state index >= 15 is 0 Å². The van der Waals surface area contributed by atoms with Crippen molar-refractivity contribution in [2.24, 2.45) is 0 Å². The number of hydrogen-bond acceptors (Lipinski definition) is 6. The molecule has 2 amide bonds. The van der Waals surface area contributed by atoms with Crippen LogP contribution in [0.3, 0.4) is 0 Å². The average molecular weight is 461 g/mol. The maximum Gasteiger partial charge on any atom is 0.341 e. The molecule has 1 aliphatic rings. The number of rotatable bonds is 6. The largest absolute Gasteiger partial charge is 0.462 e. The Morgan fingerprint density at radius 3 is 2.48 bits per heavy atom. The van der Waals surface area contributed by atoms with Crippen LogP contribution in [0, 0.1) is 27.7 Å². The van der Waals surface area contributed by atoms with Gasteiger partial charge in [0.1, 0.15) is 5.00 Å². The molecule has 1 saturated heterocycles. The smallest absolute Gasteiger partial charge is 0.341 e. The fraction of sp³-hybridized carbons (Fsp3) is 0.435. The molecule has 8 heteroatoms. The lowest BCUT2D eigenvalue weighted by molar-refractivity contribution is -0.124. The average Bonchev–Trinajstić information content (AvgIpc) is 3.26. The van der Waals surface area contributed by atoms with Crippen molar-refractivity contribution in [1.29, 1.82) is 0 Å². The molecule has 0 unspecified atom stereocenters. The molecule has 1 aliphatic heterocycles. The SMILES string of the molecule is CCOC(=O)c1c(-n2c(C)cc(/C=C3/SC(=O)N([C@H](C)CC)C3=O)c2C)sc(C)c1C. The molecule has 0 spiro atoms. The first-order valence-corrected chi connectivity index (χ1v) is 12.0. The number of thioether (sulfide) groups is 1. The first kappa shape index (κ1) is 23.3. The van der Waals surface area contributed by atoms with Gasteiger partial charge in [-0.3, -0.25) is 14.5 Å². The summed E-state index contributed by atoms with van der Waals surface area (Å²) in [6.07, 6.45) is 2.50. The Hall–Kier alpha value is -2.32. The van der Waals surface area contributed by atoms with Crippen molar-refractivity contribution in [2.75, 3.05) is 6.61 Å². The van der Waals surface area contributed by atoms with Crippen molar-refractivity contribution in [3.05, 3.63) is 43.9 Å². The van der Waals surface area contributed by atoms with Crippen molar-refractivity contribution in [1.82, 2.24) is 9.47 Å². The Kier molecular flexibility index (Phi) is 6.81. The molecule has 3 rings (SSSR count). The van der Waals surface area contributed by atoms with Gasteiger partial charge in [-0.2, -0.15) is 0 Å². The quantitative estimate of drug-likeness (QED) is 0.403. The Morgan fingerprint density at radius 1 is 1.19 bits per heavy atom. The fourth-order valence-electron chi connectivity index (χ4n) is 3.64. The molecule has 166 valence electrons. The zero-order valence-corrected chi connectivity index (χ0v) is 20.6. The minimum atomic E-state index is -0.330. The first-order valence-electron chi connectivity index (χ1n) is 10.4. The number of ether oxygens (including phenoxy) is 1. The zero-order valence-electron chi connectivity index (χ0n) is 19.0. The molecule has 2 aromatic heterocycles. The van der Waals surface area contributed by atoms with Crippen LogP contribution in [0.25, 0.3) is 11.1 Å². The van der Waals surface area contributed by atoms with Crippen molar-refractivity contribution in [3.63, 3.8) is 0 Å². The molecule has 2 aromatic rings. The van der Waals surface area contributed by atoms with Crippen LogP contribution in [0.4, 0.5) is 4.79 Å². The molecule has 1 atom stereocenters. The minimum Gasteiger partial charge on any atom is -0.462 e. The van der Waals surface area contributed by atoms with Gasteiger partial charge in [0, 0.05) is 22.3 Å². The van der Waals surface area contributed by atoms with Gasteiger partial charge in [0.15, 0.2) is 0 Å². The summed E-state index contributed by atoms with van der Waals surface area (Å²) in [7, 11) is 0. The highest BCUT2D eigenvalue weighted by Gasteiger charge is 2.37. The lowest BCUT2D eigenvalue weighted by atomic mass is 10.1. The van der Waals surface area contributed by atoms with Gasteiger partial charge >= 0.3 is 5.97 Å². The Labute approximate surface area is 191 Å². The number of imide groups is 1. The molecule has 0 saturated carbocycles. The summed E-state index contributed by atoms with van der Waals surface area (Å²) in [5.41, 5.74) is 4.19. The van der Waals surface area contributed by atoms with E-state index in [2.05, 4.69) is 0 Å². The van der Waals surface area contributed by atoms with Gasteiger partial charge < -0.3 is 9.30 Å². The zero-order chi connectivity index (χ0) is 23.0. The Morgan fingerprint density at radius 2 is 1.87 bits per heavy atom. The van der Waals surface area contributed by atoms with E-state index in [9.17, 15) is 14.4 Å². The molecule has 6 nitrogen and oxygen atoms in total. The number of nitrogens with zero attached hydrogens (tertiary/aromatic N) is 2. The van der Waals surface area contributed by atoms with Gasteiger partial charge in [0.2, 0.25) is 0 Å². The van der Waals surface area contributed by atoms with Crippen LogP contribution in [0.1, 0.15) is 64.9 Å². The van der Waals surface area contributed by atoms with Crippen molar-refractivity contribution in [3.8, 4) is 5.00 Å². The van der Waals surface area contributed by atoms with E-state index in [-0.39, 0.29) is 23.2 Å². The fourth-order valence-corrected chi connectivity index (χ4v) is 5.82. The highest BCUT2D eigenvalue weighted by atomic mass is 32.2. The maximum absolute atomic E-state index is 12.8. The summed E-state index contributed by atoms with van der Waals surface area (Å²) < 4.78 is 7.33. The topological polar surface area (TPSA) is 68.6 Å². The van der Waals surface area contributed by atoms with Crippen molar-refractivity contribution < 1.29 is 19.1 Å². The van der Waals surface area contributed by atoms with Gasteiger partial charge in [-0.05, 0) is 83.0 Å². The second-order valence-electron chi connectivity index (χ2n) is 7.65. The highest BCUT2D eigenvalue weighted by Crippen LogP contribution is 2.37. The predicted molar refractivity (Wildman–Crippen MR) is 126 cm³/mol. The van der Waals surface area contributed by atoms with E-state index in [1.807, 2.05) is 52.2 Å². The number of hydrogen-bond donors (Lipinski definition) is 0. The number of amides is 2. The second-order valence-corrected chi connectivity index (χ2v) is 9.85. The molecule has 0 bridgehead atoms. The summed E-state index contributed by atoms with van der Waals surface area (Å²) in [6, 6.07) is 1.85. The first-order chi connectivity index (χ1) is 14.6. The number of carbonyl (C=O) groups excluding carboxylic acids is 3. The molecule has 31 heavy (non-hydrogen) atoms. The summed E-state index contributed by atoms with van der Waals surface area (Å²) in [6.45, 7) is 13.8. The third-order valence-corrected chi connectivity index (χ3v) is 7.74. The van der Waals surface area contributed by atoms with Crippen LogP contribution in [0.2, 0.25) is 0 Å². The Balaban J connectivity index is 2.07. The number of aryl methyl sites for hydroxylation is 2. The second kappa shape index (κ2) is 9.04. The monoisotopic (exact) mass is 460 g/mol. The normalized spacial score (nSPS) is 16.5. The molecule has 0 radical (unpaired) electrons. The number of carbonyl (C=O) groups is 3. The third kappa shape index (κ3) is 4.11. The van der Waals surface area contributed by atoms with Crippen LogP contribution < -0.4 is 0 Å². The van der Waals surface area contributed by atoms with E-state index < -0.39 is 0 Å². The van der Waals surface area contributed by atoms with Crippen LogP contribution in [0.15, 0.2) is 11.0 Å². The summed E-state index contributed by atoms with van der Waals surface area (Å²) in [5.74, 6) is -0.577. The van der Waals surface area contributed by atoms with E-state index in [1.54, 1.807) is 24.3 Å². The maximum atomic E-state index is 12.8. The van der Waals surface area contributed by atoms with Crippen molar-refractivity contribution in [2.45, 2.75) is 60.9 Å². The highest BCUT2D eigenvalue weighted by molar-refractivity contribution is 8.18. The third-order valence-electron chi connectivity index (χ3n) is 5.66. The lowest BCUT2D eigenvalue weighted by Crippen LogP contribution is -2.36. The van der Waals surface area contributed by atoms with Gasteiger partial charge in [0.25, 0.3) is 11.1 Å². The van der Waals surface area contributed by atoms with E-state index in [0.717, 1.165) is 44.2 Å². The molecule has 1 fully saturated rings. The summed E-state index contributed by atoms with van der Waals surface area (Å²) in [5, 5.41) is 0.587. The molecule has 0 aromatic carbocycles. The van der Waals surface area contributed by atoms with Gasteiger partial charge in [-0.25, -0.2) is 4.79 Å². The van der Waals surface area contributed by atoms with Gasteiger partial charge in [-0.1, -0.05) is 6.92 Å². The van der Waals surface area contributed by atoms with Crippen LogP contribution in [-0.4, -0.2) is 39.2 Å². The van der Waals surface area contributed by atoms with Crippen molar-refractivity contribution >= 4 is 46.3 Å². The van der Waals surface area contributed by atoms with Crippen LogP contribution in [0.5, 0.6) is 0 Å². The number of esters is 1. The number of aromatic nitrogens is 1. The van der Waals surface area contributed by atoms with Crippen LogP contribution >= 0.6 is 23.1 Å². The predicted octanol–water partition coefficient (Wildman–Crippen LogP) is 5.78.